The second-order valence-electron chi connectivity index (χ2n) is 3.97. The molecule has 1 nitrogen and oxygen atoms in total. The first-order valence-corrected chi connectivity index (χ1v) is 7.42. The third kappa shape index (κ3) is 3.47. The summed E-state index contributed by atoms with van der Waals surface area (Å²) >= 11 is 5.14. The van der Waals surface area contributed by atoms with Gasteiger partial charge in [0.2, 0.25) is 0 Å². The number of thioether (sulfide) groups is 1. The lowest BCUT2D eigenvalue weighted by Crippen LogP contribution is -1.95. The van der Waals surface area contributed by atoms with E-state index < -0.39 is 0 Å². The topological polar surface area (TPSA) is 17.1 Å². The lowest BCUT2D eigenvalue weighted by molar-refractivity contribution is 0.101. The fourth-order valence-corrected chi connectivity index (χ4v) is 3.25. The van der Waals surface area contributed by atoms with Crippen LogP contribution in [0.2, 0.25) is 0 Å². The van der Waals surface area contributed by atoms with Gasteiger partial charge in [0, 0.05) is 20.7 Å². The van der Waals surface area contributed by atoms with Gasteiger partial charge in [-0.15, -0.1) is 11.8 Å². The number of benzene rings is 2. The summed E-state index contributed by atoms with van der Waals surface area (Å²) in [4.78, 5) is 12.6. The molecule has 0 aliphatic carbocycles. The van der Waals surface area contributed by atoms with Crippen molar-refractivity contribution in [2.75, 3.05) is 0 Å². The van der Waals surface area contributed by atoms with E-state index in [0.29, 0.717) is 0 Å². The molecule has 2 rings (SSSR count). The van der Waals surface area contributed by atoms with Gasteiger partial charge in [0.05, 0.1) is 0 Å². The van der Waals surface area contributed by atoms with Gasteiger partial charge in [-0.05, 0) is 30.7 Å². The van der Waals surface area contributed by atoms with E-state index in [1.165, 1.54) is 5.56 Å². The first-order valence-electron chi connectivity index (χ1n) is 5.64. The molecule has 18 heavy (non-hydrogen) atoms. The molecular weight excluding hydrogens is 308 g/mol. The molecule has 0 spiro atoms. The summed E-state index contributed by atoms with van der Waals surface area (Å²) in [7, 11) is 0. The van der Waals surface area contributed by atoms with Crippen LogP contribution in [0.3, 0.4) is 0 Å². The maximum atomic E-state index is 11.6. The van der Waals surface area contributed by atoms with Gasteiger partial charge in [-0.25, -0.2) is 0 Å². The lowest BCUT2D eigenvalue weighted by atomic mass is 10.1. The summed E-state index contributed by atoms with van der Waals surface area (Å²) in [5.74, 6) is 0.982. The van der Waals surface area contributed by atoms with E-state index >= 15 is 0 Å². The predicted octanol–water partition coefficient (Wildman–Crippen LogP) is 4.94. The van der Waals surface area contributed by atoms with E-state index in [1.807, 2.05) is 36.4 Å². The molecule has 0 bridgehead atoms. The van der Waals surface area contributed by atoms with Crippen LogP contribution in [0.25, 0.3) is 0 Å². The number of ketones is 1. The summed E-state index contributed by atoms with van der Waals surface area (Å²) in [6.45, 7) is 1.61. The van der Waals surface area contributed by atoms with Crippen molar-refractivity contribution in [3.8, 4) is 0 Å². The van der Waals surface area contributed by atoms with E-state index in [9.17, 15) is 4.79 Å². The number of hydrogen-bond acceptors (Lipinski definition) is 2. The average molecular weight is 321 g/mol. The molecule has 0 saturated carbocycles. The molecule has 92 valence electrons. The van der Waals surface area contributed by atoms with Gasteiger partial charge in [0.15, 0.2) is 5.78 Å². The number of carbonyl (C=O) groups excluding carboxylic acids is 1. The van der Waals surface area contributed by atoms with Crippen molar-refractivity contribution in [3.63, 3.8) is 0 Å². The minimum absolute atomic E-state index is 0.109. The van der Waals surface area contributed by atoms with Crippen LogP contribution in [-0.2, 0) is 5.75 Å². The molecule has 0 aliphatic rings. The predicted molar refractivity (Wildman–Crippen MR) is 80.1 cm³/mol. The fourth-order valence-electron chi connectivity index (χ4n) is 1.64. The average Bonchev–Trinajstić information content (AvgIpc) is 2.37. The Balaban J connectivity index is 2.18. The zero-order chi connectivity index (χ0) is 13.0. The van der Waals surface area contributed by atoms with Gasteiger partial charge < -0.3 is 0 Å². The number of halogens is 1. The molecule has 0 N–H and O–H groups in total. The number of hydrogen-bond donors (Lipinski definition) is 0. The van der Waals surface area contributed by atoms with Crippen LogP contribution >= 0.6 is 27.7 Å². The van der Waals surface area contributed by atoms with Gasteiger partial charge in [-0.2, -0.15) is 0 Å². The maximum absolute atomic E-state index is 11.6. The van der Waals surface area contributed by atoms with Crippen LogP contribution in [0, 0.1) is 0 Å². The highest BCUT2D eigenvalue weighted by Crippen LogP contribution is 2.29. The van der Waals surface area contributed by atoms with Crippen molar-refractivity contribution in [2.45, 2.75) is 17.6 Å². The zero-order valence-corrected chi connectivity index (χ0v) is 12.4. The third-order valence-electron chi connectivity index (χ3n) is 2.56. The van der Waals surface area contributed by atoms with Crippen molar-refractivity contribution in [1.82, 2.24) is 0 Å². The molecule has 0 aliphatic heterocycles. The molecule has 3 heteroatoms. The molecule has 0 atom stereocenters. The second kappa shape index (κ2) is 6.21. The Morgan fingerprint density at radius 3 is 2.56 bits per heavy atom. The molecule has 0 aromatic heterocycles. The van der Waals surface area contributed by atoms with Gasteiger partial charge in [0.25, 0.3) is 0 Å². The van der Waals surface area contributed by atoms with E-state index in [0.717, 1.165) is 20.7 Å². The molecule has 2 aromatic carbocycles. The Morgan fingerprint density at radius 2 is 1.89 bits per heavy atom. The van der Waals surface area contributed by atoms with Crippen molar-refractivity contribution >= 4 is 33.5 Å². The maximum Gasteiger partial charge on any atom is 0.160 e. The van der Waals surface area contributed by atoms with Crippen LogP contribution in [0.15, 0.2) is 57.9 Å². The van der Waals surface area contributed by atoms with Gasteiger partial charge in [-0.1, -0.05) is 46.3 Å². The van der Waals surface area contributed by atoms with Crippen molar-refractivity contribution in [1.29, 1.82) is 0 Å². The van der Waals surface area contributed by atoms with Crippen molar-refractivity contribution in [2.24, 2.45) is 0 Å². The monoisotopic (exact) mass is 320 g/mol. The first kappa shape index (κ1) is 13.4. The Hall–Kier alpha value is -1.06. The Labute approximate surface area is 120 Å². The minimum atomic E-state index is 0.109. The van der Waals surface area contributed by atoms with Crippen molar-refractivity contribution < 1.29 is 4.79 Å². The van der Waals surface area contributed by atoms with Crippen LogP contribution in [-0.4, -0.2) is 5.78 Å². The smallest absolute Gasteiger partial charge is 0.160 e. The minimum Gasteiger partial charge on any atom is -0.294 e. The Kier molecular flexibility index (Phi) is 4.61. The van der Waals surface area contributed by atoms with E-state index in [1.54, 1.807) is 18.7 Å². The van der Waals surface area contributed by atoms with Crippen LogP contribution < -0.4 is 0 Å². The number of rotatable bonds is 4. The summed E-state index contributed by atoms with van der Waals surface area (Å²) in [6.07, 6.45) is 0. The SMILES string of the molecule is CC(=O)c1ccc(Br)cc1SCc1ccccc1. The molecular formula is C15H13BrOS. The number of carbonyl (C=O) groups is 1. The van der Waals surface area contributed by atoms with Gasteiger partial charge in [0.1, 0.15) is 0 Å². The van der Waals surface area contributed by atoms with Gasteiger partial charge in [-0.3, -0.25) is 4.79 Å². The third-order valence-corrected chi connectivity index (χ3v) is 4.18. The summed E-state index contributed by atoms with van der Waals surface area (Å²) < 4.78 is 1.00. The normalized spacial score (nSPS) is 10.3. The van der Waals surface area contributed by atoms with Crippen molar-refractivity contribution in [3.05, 3.63) is 64.1 Å². The summed E-state index contributed by atoms with van der Waals surface area (Å²) in [6, 6.07) is 16.0. The van der Waals surface area contributed by atoms with Crippen LogP contribution in [0.5, 0.6) is 0 Å². The zero-order valence-electron chi connectivity index (χ0n) is 10.0. The number of Topliss-reactive ketones (excluding diaryl/α,β-unsaturated/α-hetero) is 1. The molecule has 0 fully saturated rings. The quantitative estimate of drug-likeness (QED) is 0.586. The highest BCUT2D eigenvalue weighted by Gasteiger charge is 2.08. The Morgan fingerprint density at radius 1 is 1.17 bits per heavy atom. The van der Waals surface area contributed by atoms with Gasteiger partial charge >= 0.3 is 0 Å². The Bertz CT molecular complexity index is 552. The van der Waals surface area contributed by atoms with E-state index in [4.69, 9.17) is 0 Å². The van der Waals surface area contributed by atoms with Crippen LogP contribution in [0.4, 0.5) is 0 Å². The van der Waals surface area contributed by atoms with E-state index in [2.05, 4.69) is 28.1 Å². The molecule has 2 aromatic rings. The lowest BCUT2D eigenvalue weighted by Gasteiger charge is -2.07. The largest absolute Gasteiger partial charge is 0.294 e. The molecule has 0 amide bonds. The molecule has 0 unspecified atom stereocenters. The highest BCUT2D eigenvalue weighted by atomic mass is 79.9. The molecule has 0 saturated heterocycles. The molecule has 0 radical (unpaired) electrons. The summed E-state index contributed by atoms with van der Waals surface area (Å²) in [5, 5.41) is 0. The standard InChI is InChI=1S/C15H13BrOS/c1-11(17)14-8-7-13(16)9-15(14)18-10-12-5-3-2-4-6-12/h2-9H,10H2,1H3. The molecule has 0 heterocycles. The van der Waals surface area contributed by atoms with E-state index in [-0.39, 0.29) is 5.78 Å². The second-order valence-corrected chi connectivity index (χ2v) is 5.90. The highest BCUT2D eigenvalue weighted by molar-refractivity contribution is 9.10. The fraction of sp³-hybridized carbons (Fsp3) is 0.133. The van der Waals surface area contributed by atoms with Crippen LogP contribution in [0.1, 0.15) is 22.8 Å². The summed E-state index contributed by atoms with van der Waals surface area (Å²) in [5.41, 5.74) is 2.05. The first-order chi connectivity index (χ1) is 8.66.